The van der Waals surface area contributed by atoms with Crippen LogP contribution in [-0.4, -0.2) is 17.7 Å². The molecule has 0 aliphatic carbocycles. The fraction of sp³-hybridized carbons (Fsp3) is 0.556. The van der Waals surface area contributed by atoms with E-state index in [1.807, 2.05) is 6.07 Å². The monoisotopic (exact) mass is 341 g/mol. The highest BCUT2D eigenvalue weighted by Gasteiger charge is 2.12. The van der Waals surface area contributed by atoms with Crippen LogP contribution >= 0.6 is 43.2 Å². The van der Waals surface area contributed by atoms with Crippen molar-refractivity contribution in [2.45, 2.75) is 26.0 Å². The van der Waals surface area contributed by atoms with E-state index in [9.17, 15) is 5.11 Å². The fourth-order valence-corrected chi connectivity index (χ4v) is 3.05. The van der Waals surface area contributed by atoms with Crippen molar-refractivity contribution in [3.05, 3.63) is 19.2 Å². The molecule has 1 rings (SSSR count). The topological polar surface area (TPSA) is 32.3 Å². The van der Waals surface area contributed by atoms with Crippen LogP contribution in [0.3, 0.4) is 0 Å². The van der Waals surface area contributed by atoms with E-state index in [1.165, 1.54) is 0 Å². The van der Waals surface area contributed by atoms with Crippen LogP contribution in [0.4, 0.5) is 0 Å². The van der Waals surface area contributed by atoms with Crippen LogP contribution in [-0.2, 0) is 0 Å². The summed E-state index contributed by atoms with van der Waals surface area (Å²) >= 11 is 8.35. The van der Waals surface area contributed by atoms with Gasteiger partial charge in [0.2, 0.25) is 0 Å². The van der Waals surface area contributed by atoms with Gasteiger partial charge in [-0.2, -0.15) is 0 Å². The maximum absolute atomic E-state index is 9.81. The van der Waals surface area contributed by atoms with Gasteiger partial charge in [-0.15, -0.1) is 11.3 Å². The van der Waals surface area contributed by atoms with Gasteiger partial charge in [0, 0.05) is 21.9 Å². The van der Waals surface area contributed by atoms with E-state index in [0.29, 0.717) is 12.6 Å². The lowest BCUT2D eigenvalue weighted by Gasteiger charge is -2.12. The van der Waals surface area contributed by atoms with E-state index in [2.05, 4.69) is 51.0 Å². The molecule has 2 N–H and O–H groups in total. The third-order valence-electron chi connectivity index (χ3n) is 1.71. The maximum atomic E-state index is 9.81. The van der Waals surface area contributed by atoms with Crippen LogP contribution < -0.4 is 5.32 Å². The van der Waals surface area contributed by atoms with E-state index >= 15 is 0 Å². The molecule has 80 valence electrons. The molecule has 1 aromatic heterocycles. The molecule has 0 saturated heterocycles. The lowest BCUT2D eigenvalue weighted by atomic mass is 10.2. The lowest BCUT2D eigenvalue weighted by Crippen LogP contribution is -2.27. The fourth-order valence-electron chi connectivity index (χ4n) is 0.975. The second-order valence-corrected chi connectivity index (χ2v) is 6.61. The summed E-state index contributed by atoms with van der Waals surface area (Å²) in [4.78, 5) is 0.969. The Morgan fingerprint density at radius 1 is 1.50 bits per heavy atom. The van der Waals surface area contributed by atoms with Crippen molar-refractivity contribution < 1.29 is 5.11 Å². The Morgan fingerprint density at radius 3 is 2.57 bits per heavy atom. The van der Waals surface area contributed by atoms with E-state index in [0.717, 1.165) is 13.1 Å². The summed E-state index contributed by atoms with van der Waals surface area (Å²) < 4.78 is 2.03. The van der Waals surface area contributed by atoms with Crippen LogP contribution in [0.2, 0.25) is 0 Å². The van der Waals surface area contributed by atoms with Gasteiger partial charge in [0.1, 0.15) is 6.10 Å². The zero-order valence-corrected chi connectivity index (χ0v) is 12.0. The molecule has 1 heterocycles. The molecule has 0 unspecified atom stereocenters. The molecule has 1 atom stereocenters. The second-order valence-electron chi connectivity index (χ2n) is 3.35. The summed E-state index contributed by atoms with van der Waals surface area (Å²) in [6.45, 7) is 4.72. The van der Waals surface area contributed by atoms with Crippen LogP contribution in [0.15, 0.2) is 14.3 Å². The van der Waals surface area contributed by atoms with E-state index in [1.54, 1.807) is 11.3 Å². The molecule has 5 heteroatoms. The Balaban J connectivity index is 2.56. The normalized spacial score (nSPS) is 13.6. The summed E-state index contributed by atoms with van der Waals surface area (Å²) in [5.74, 6) is 0. The predicted molar refractivity (Wildman–Crippen MR) is 67.8 cm³/mol. The van der Waals surface area contributed by atoms with Gasteiger partial charge in [0.25, 0.3) is 0 Å². The zero-order chi connectivity index (χ0) is 10.7. The van der Waals surface area contributed by atoms with E-state index in [-0.39, 0.29) is 0 Å². The van der Waals surface area contributed by atoms with E-state index < -0.39 is 6.10 Å². The Labute approximate surface area is 105 Å². The second kappa shape index (κ2) is 5.61. The number of halogens is 2. The van der Waals surface area contributed by atoms with Crippen LogP contribution in [0, 0.1) is 0 Å². The number of hydrogen-bond acceptors (Lipinski definition) is 3. The first-order valence-electron chi connectivity index (χ1n) is 4.37. The highest BCUT2D eigenvalue weighted by Crippen LogP contribution is 2.35. The highest BCUT2D eigenvalue weighted by molar-refractivity contribution is 9.13. The molecule has 0 aliphatic rings. The van der Waals surface area contributed by atoms with Crippen molar-refractivity contribution >= 4 is 43.2 Å². The van der Waals surface area contributed by atoms with Crippen molar-refractivity contribution in [3.63, 3.8) is 0 Å². The third kappa shape index (κ3) is 3.62. The third-order valence-corrected chi connectivity index (χ3v) is 5.07. The first-order valence-corrected chi connectivity index (χ1v) is 6.77. The summed E-state index contributed by atoms with van der Waals surface area (Å²) in [6, 6.07) is 2.35. The Hall–Kier alpha value is 0.580. The molecule has 0 fully saturated rings. The number of rotatable bonds is 4. The van der Waals surface area contributed by atoms with Gasteiger partial charge >= 0.3 is 0 Å². The van der Waals surface area contributed by atoms with Crippen molar-refractivity contribution in [2.75, 3.05) is 6.54 Å². The molecule has 0 aliphatic heterocycles. The molecule has 1 aromatic rings. The SMILES string of the molecule is CC(C)NC[C@@H](O)c1cc(Br)c(Br)s1. The molecule has 0 aromatic carbocycles. The van der Waals surface area contributed by atoms with Gasteiger partial charge in [-0.05, 0) is 37.9 Å². The molecule has 0 saturated carbocycles. The Kier molecular flexibility index (Phi) is 5.06. The number of aliphatic hydroxyl groups excluding tert-OH is 1. The summed E-state index contributed by atoms with van der Waals surface area (Å²) in [5, 5.41) is 13.0. The Morgan fingerprint density at radius 2 is 2.14 bits per heavy atom. The maximum Gasteiger partial charge on any atom is 0.101 e. The molecule has 0 spiro atoms. The first kappa shape index (κ1) is 12.6. The quantitative estimate of drug-likeness (QED) is 0.879. The molecular formula is C9H13Br2NOS. The van der Waals surface area contributed by atoms with Gasteiger partial charge in [-0.25, -0.2) is 0 Å². The van der Waals surface area contributed by atoms with Crippen LogP contribution in [0.25, 0.3) is 0 Å². The zero-order valence-electron chi connectivity index (χ0n) is 8.05. The van der Waals surface area contributed by atoms with Gasteiger partial charge in [0.15, 0.2) is 0 Å². The average Bonchev–Trinajstić information content (AvgIpc) is 2.43. The predicted octanol–water partition coefficient (Wildman–Crippen LogP) is 3.30. The number of hydrogen-bond donors (Lipinski definition) is 2. The number of nitrogens with one attached hydrogen (secondary N) is 1. The molecule has 0 bridgehead atoms. The van der Waals surface area contributed by atoms with Gasteiger partial charge in [-0.3, -0.25) is 0 Å². The summed E-state index contributed by atoms with van der Waals surface area (Å²) in [5.41, 5.74) is 0. The highest BCUT2D eigenvalue weighted by atomic mass is 79.9. The van der Waals surface area contributed by atoms with Gasteiger partial charge < -0.3 is 10.4 Å². The van der Waals surface area contributed by atoms with Crippen LogP contribution in [0.1, 0.15) is 24.8 Å². The average molecular weight is 343 g/mol. The van der Waals surface area contributed by atoms with Crippen molar-refractivity contribution in [1.82, 2.24) is 5.32 Å². The van der Waals surface area contributed by atoms with Crippen LogP contribution in [0.5, 0.6) is 0 Å². The lowest BCUT2D eigenvalue weighted by molar-refractivity contribution is 0.175. The molecule has 2 nitrogen and oxygen atoms in total. The van der Waals surface area contributed by atoms with Crippen molar-refractivity contribution in [3.8, 4) is 0 Å². The largest absolute Gasteiger partial charge is 0.386 e. The summed E-state index contributed by atoms with van der Waals surface area (Å²) in [6.07, 6.45) is -0.426. The standard InChI is InChI=1S/C9H13Br2NOS/c1-5(2)12-4-7(13)8-3-6(10)9(11)14-8/h3,5,7,12-13H,4H2,1-2H3/t7-/m1/s1. The molecular weight excluding hydrogens is 330 g/mol. The number of aliphatic hydroxyl groups is 1. The van der Waals surface area contributed by atoms with E-state index in [4.69, 9.17) is 0 Å². The molecule has 14 heavy (non-hydrogen) atoms. The summed E-state index contributed by atoms with van der Waals surface area (Å²) in [7, 11) is 0. The van der Waals surface area contributed by atoms with Crippen molar-refractivity contribution in [1.29, 1.82) is 0 Å². The minimum Gasteiger partial charge on any atom is -0.386 e. The smallest absolute Gasteiger partial charge is 0.101 e. The van der Waals surface area contributed by atoms with Gasteiger partial charge in [0.05, 0.1) is 3.79 Å². The van der Waals surface area contributed by atoms with Crippen molar-refractivity contribution in [2.24, 2.45) is 0 Å². The Bertz CT molecular complexity index is 282. The minimum atomic E-state index is -0.426. The number of thiophene rings is 1. The van der Waals surface area contributed by atoms with Gasteiger partial charge in [-0.1, -0.05) is 13.8 Å². The molecule has 0 amide bonds. The first-order chi connectivity index (χ1) is 6.50. The molecule has 0 radical (unpaired) electrons. The minimum absolute atomic E-state index is 0.400.